The van der Waals surface area contributed by atoms with E-state index in [0.717, 1.165) is 49.7 Å². The van der Waals surface area contributed by atoms with E-state index in [2.05, 4.69) is 16.8 Å². The minimum absolute atomic E-state index is 0.822. The second kappa shape index (κ2) is 5.38. The van der Waals surface area contributed by atoms with Gasteiger partial charge in [0.25, 0.3) is 0 Å². The molecule has 1 saturated heterocycles. The van der Waals surface area contributed by atoms with Gasteiger partial charge in [0.15, 0.2) is 0 Å². The van der Waals surface area contributed by atoms with Crippen molar-refractivity contribution in [3.8, 4) is 5.75 Å². The molecular formula is C13H21N3O. The first-order valence-corrected chi connectivity index (χ1v) is 6.03. The molecule has 1 heterocycles. The third-order valence-corrected chi connectivity index (χ3v) is 3.37. The van der Waals surface area contributed by atoms with Crippen LogP contribution in [0.25, 0.3) is 0 Å². The highest BCUT2D eigenvalue weighted by Crippen LogP contribution is 2.25. The van der Waals surface area contributed by atoms with Crippen molar-refractivity contribution in [3.63, 3.8) is 0 Å². The van der Waals surface area contributed by atoms with E-state index in [1.165, 1.54) is 0 Å². The number of nitrogen functional groups attached to an aromatic ring is 1. The summed E-state index contributed by atoms with van der Waals surface area (Å²) in [6.45, 7) is 5.30. The zero-order chi connectivity index (χ0) is 12.3. The van der Waals surface area contributed by atoms with Crippen LogP contribution < -0.4 is 10.5 Å². The molecule has 0 bridgehead atoms. The molecule has 1 aliphatic heterocycles. The highest BCUT2D eigenvalue weighted by molar-refractivity contribution is 5.54. The lowest BCUT2D eigenvalue weighted by Crippen LogP contribution is -2.44. The Labute approximate surface area is 103 Å². The molecule has 0 saturated carbocycles. The summed E-state index contributed by atoms with van der Waals surface area (Å²) >= 11 is 0. The first kappa shape index (κ1) is 12.2. The fourth-order valence-corrected chi connectivity index (χ4v) is 2.17. The highest BCUT2D eigenvalue weighted by Gasteiger charge is 2.16. The fraction of sp³-hybridized carbons (Fsp3) is 0.538. The Kier molecular flexibility index (Phi) is 3.86. The molecule has 94 valence electrons. The molecule has 1 aromatic carbocycles. The van der Waals surface area contributed by atoms with Crippen LogP contribution in [0.3, 0.4) is 0 Å². The number of rotatable bonds is 3. The molecule has 1 fully saturated rings. The van der Waals surface area contributed by atoms with Crippen molar-refractivity contribution in [1.29, 1.82) is 0 Å². The molecule has 0 aromatic heterocycles. The summed E-state index contributed by atoms with van der Waals surface area (Å²) in [6.07, 6.45) is 0. The Morgan fingerprint density at radius 1 is 1.24 bits per heavy atom. The van der Waals surface area contributed by atoms with Gasteiger partial charge in [-0.25, -0.2) is 0 Å². The maximum absolute atomic E-state index is 6.02. The predicted molar refractivity (Wildman–Crippen MR) is 70.2 cm³/mol. The number of anilines is 1. The molecule has 4 nitrogen and oxygen atoms in total. The number of likely N-dealkylation sites (N-methyl/N-ethyl adjacent to an activating group) is 1. The zero-order valence-corrected chi connectivity index (χ0v) is 10.6. The van der Waals surface area contributed by atoms with Gasteiger partial charge >= 0.3 is 0 Å². The number of methoxy groups -OCH3 is 1. The third kappa shape index (κ3) is 2.90. The number of piperazine rings is 1. The zero-order valence-electron chi connectivity index (χ0n) is 10.6. The molecule has 1 aromatic rings. The molecule has 4 heteroatoms. The van der Waals surface area contributed by atoms with E-state index in [-0.39, 0.29) is 0 Å². The largest absolute Gasteiger partial charge is 0.496 e. The van der Waals surface area contributed by atoms with Gasteiger partial charge in [0.05, 0.1) is 7.11 Å². The summed E-state index contributed by atoms with van der Waals surface area (Å²) < 4.78 is 5.37. The molecule has 0 spiro atoms. The Morgan fingerprint density at radius 3 is 2.59 bits per heavy atom. The van der Waals surface area contributed by atoms with Crippen LogP contribution in [0.5, 0.6) is 5.75 Å². The average molecular weight is 235 g/mol. The van der Waals surface area contributed by atoms with E-state index >= 15 is 0 Å². The first-order chi connectivity index (χ1) is 8.20. The summed E-state index contributed by atoms with van der Waals surface area (Å²) in [4.78, 5) is 4.77. The summed E-state index contributed by atoms with van der Waals surface area (Å²) in [5.41, 5.74) is 7.96. The van der Waals surface area contributed by atoms with E-state index in [4.69, 9.17) is 10.5 Å². The molecule has 0 amide bonds. The molecule has 0 unspecified atom stereocenters. The predicted octanol–water partition coefficient (Wildman–Crippen LogP) is 1.02. The highest BCUT2D eigenvalue weighted by atomic mass is 16.5. The van der Waals surface area contributed by atoms with Crippen LogP contribution in [-0.2, 0) is 6.54 Å². The van der Waals surface area contributed by atoms with Gasteiger partial charge in [0, 0.05) is 44.0 Å². The Hall–Kier alpha value is -1.26. The topological polar surface area (TPSA) is 41.7 Å². The average Bonchev–Trinajstić information content (AvgIpc) is 2.34. The smallest absolute Gasteiger partial charge is 0.125 e. The van der Waals surface area contributed by atoms with Crippen molar-refractivity contribution in [2.45, 2.75) is 6.54 Å². The number of ether oxygens (including phenoxy) is 1. The molecule has 1 aliphatic rings. The SMILES string of the molecule is COc1cccc(N)c1CN1CCN(C)CC1. The van der Waals surface area contributed by atoms with E-state index in [9.17, 15) is 0 Å². The monoisotopic (exact) mass is 235 g/mol. The van der Waals surface area contributed by atoms with E-state index in [0.29, 0.717) is 0 Å². The van der Waals surface area contributed by atoms with Crippen LogP contribution in [0.2, 0.25) is 0 Å². The summed E-state index contributed by atoms with van der Waals surface area (Å²) in [5.74, 6) is 0.893. The molecule has 2 rings (SSSR count). The number of benzene rings is 1. The van der Waals surface area contributed by atoms with Gasteiger partial charge in [-0.05, 0) is 19.2 Å². The molecular weight excluding hydrogens is 214 g/mol. The lowest BCUT2D eigenvalue weighted by Gasteiger charge is -2.32. The molecule has 0 atom stereocenters. The van der Waals surface area contributed by atoms with Gasteiger partial charge < -0.3 is 15.4 Å². The maximum Gasteiger partial charge on any atom is 0.125 e. The number of hydrogen-bond donors (Lipinski definition) is 1. The summed E-state index contributed by atoms with van der Waals surface area (Å²) in [7, 11) is 3.86. The van der Waals surface area contributed by atoms with Gasteiger partial charge in [-0.15, -0.1) is 0 Å². The summed E-state index contributed by atoms with van der Waals surface area (Å²) in [5, 5.41) is 0. The van der Waals surface area contributed by atoms with Crippen molar-refractivity contribution in [1.82, 2.24) is 9.80 Å². The van der Waals surface area contributed by atoms with Crippen molar-refractivity contribution in [2.75, 3.05) is 46.1 Å². The number of nitrogens with two attached hydrogens (primary N) is 1. The number of nitrogens with zero attached hydrogens (tertiary/aromatic N) is 2. The van der Waals surface area contributed by atoms with E-state index in [1.54, 1.807) is 7.11 Å². The first-order valence-electron chi connectivity index (χ1n) is 6.03. The lowest BCUT2D eigenvalue weighted by molar-refractivity contribution is 0.147. The van der Waals surface area contributed by atoms with E-state index in [1.807, 2.05) is 18.2 Å². The lowest BCUT2D eigenvalue weighted by atomic mass is 10.1. The van der Waals surface area contributed by atoms with Crippen molar-refractivity contribution in [3.05, 3.63) is 23.8 Å². The van der Waals surface area contributed by atoms with Crippen molar-refractivity contribution < 1.29 is 4.74 Å². The quantitative estimate of drug-likeness (QED) is 0.794. The van der Waals surface area contributed by atoms with Gasteiger partial charge in [0.1, 0.15) is 5.75 Å². The standard InChI is InChI=1S/C13H21N3O/c1-15-6-8-16(9-7-15)10-11-12(14)4-3-5-13(11)17-2/h3-5H,6-10,14H2,1-2H3. The van der Waals surface area contributed by atoms with Gasteiger partial charge in [-0.3, -0.25) is 4.90 Å². The van der Waals surface area contributed by atoms with Crippen molar-refractivity contribution >= 4 is 5.69 Å². The molecule has 0 radical (unpaired) electrons. The van der Waals surface area contributed by atoms with E-state index < -0.39 is 0 Å². The molecule has 17 heavy (non-hydrogen) atoms. The van der Waals surface area contributed by atoms with Crippen LogP contribution in [-0.4, -0.2) is 50.1 Å². The van der Waals surface area contributed by atoms with Crippen LogP contribution >= 0.6 is 0 Å². The fourth-order valence-electron chi connectivity index (χ4n) is 2.17. The number of hydrogen-bond acceptors (Lipinski definition) is 4. The Balaban J connectivity index is 2.07. The van der Waals surface area contributed by atoms with Gasteiger partial charge in [0.2, 0.25) is 0 Å². The van der Waals surface area contributed by atoms with Crippen LogP contribution in [0.1, 0.15) is 5.56 Å². The summed E-state index contributed by atoms with van der Waals surface area (Å²) in [6, 6.07) is 5.84. The van der Waals surface area contributed by atoms with Crippen LogP contribution in [0.15, 0.2) is 18.2 Å². The maximum atomic E-state index is 6.02. The molecule has 0 aliphatic carbocycles. The Bertz CT molecular complexity index is 373. The normalized spacial score (nSPS) is 18.2. The third-order valence-electron chi connectivity index (χ3n) is 3.37. The minimum Gasteiger partial charge on any atom is -0.496 e. The second-order valence-electron chi connectivity index (χ2n) is 4.61. The molecule has 2 N–H and O–H groups in total. The van der Waals surface area contributed by atoms with Crippen molar-refractivity contribution in [2.24, 2.45) is 0 Å². The minimum atomic E-state index is 0.822. The van der Waals surface area contributed by atoms with Crippen LogP contribution in [0, 0.1) is 0 Å². The van der Waals surface area contributed by atoms with Crippen LogP contribution in [0.4, 0.5) is 5.69 Å². The second-order valence-corrected chi connectivity index (χ2v) is 4.61. The van der Waals surface area contributed by atoms with Gasteiger partial charge in [-0.2, -0.15) is 0 Å². The van der Waals surface area contributed by atoms with Gasteiger partial charge in [-0.1, -0.05) is 6.07 Å². The Morgan fingerprint density at radius 2 is 1.94 bits per heavy atom.